The van der Waals surface area contributed by atoms with Gasteiger partial charge in [0.1, 0.15) is 11.5 Å². The zero-order chi connectivity index (χ0) is 12.7. The summed E-state index contributed by atoms with van der Waals surface area (Å²) in [7, 11) is 0. The highest BCUT2D eigenvalue weighted by Crippen LogP contribution is 2.30. The van der Waals surface area contributed by atoms with Crippen LogP contribution in [0.1, 0.15) is 11.4 Å². The zero-order valence-corrected chi connectivity index (χ0v) is 10.3. The smallest absolute Gasteiger partial charge is 0.228 e. The summed E-state index contributed by atoms with van der Waals surface area (Å²) < 4.78 is 0. The number of carbonyl (C=O) groups excluding carboxylic acids is 1. The summed E-state index contributed by atoms with van der Waals surface area (Å²) in [4.78, 5) is 15.3. The van der Waals surface area contributed by atoms with Gasteiger partial charge >= 0.3 is 0 Å². The van der Waals surface area contributed by atoms with Gasteiger partial charge in [-0.05, 0) is 24.6 Å². The Morgan fingerprint density at radius 2 is 2.17 bits per heavy atom. The Morgan fingerprint density at radius 1 is 1.33 bits per heavy atom. The van der Waals surface area contributed by atoms with E-state index in [0.29, 0.717) is 23.1 Å². The van der Waals surface area contributed by atoms with Crippen LogP contribution in [0.3, 0.4) is 0 Å². The minimum atomic E-state index is 0.00126. The van der Waals surface area contributed by atoms with Gasteiger partial charge in [-0.1, -0.05) is 17.7 Å². The van der Waals surface area contributed by atoms with E-state index < -0.39 is 0 Å². The first kappa shape index (κ1) is 11.1. The van der Waals surface area contributed by atoms with Gasteiger partial charge in [0.25, 0.3) is 0 Å². The molecule has 18 heavy (non-hydrogen) atoms. The highest BCUT2D eigenvalue weighted by molar-refractivity contribution is 6.31. The molecule has 0 bridgehead atoms. The van der Waals surface area contributed by atoms with Crippen molar-refractivity contribution in [2.45, 2.75) is 13.3 Å². The third-order valence-electron chi connectivity index (χ3n) is 2.75. The van der Waals surface area contributed by atoms with Gasteiger partial charge in [0.05, 0.1) is 6.42 Å². The number of hydrogen-bond donors (Lipinski definition) is 1. The van der Waals surface area contributed by atoms with Crippen LogP contribution in [-0.2, 0) is 11.2 Å². The number of carbonyl (C=O) groups is 1. The van der Waals surface area contributed by atoms with Crippen molar-refractivity contribution in [3.8, 4) is 11.3 Å². The second kappa shape index (κ2) is 4.03. The molecule has 0 unspecified atom stereocenters. The van der Waals surface area contributed by atoms with Crippen LogP contribution in [0, 0.1) is 6.92 Å². The number of anilines is 1. The lowest BCUT2D eigenvalue weighted by atomic mass is 10.1. The van der Waals surface area contributed by atoms with Crippen LogP contribution in [0.5, 0.6) is 0 Å². The molecular weight excluding hydrogens is 252 g/mol. The molecule has 0 spiro atoms. The molecule has 0 atom stereocenters. The molecule has 90 valence electrons. The first-order valence-corrected chi connectivity index (χ1v) is 5.81. The van der Waals surface area contributed by atoms with Crippen LogP contribution < -0.4 is 5.32 Å². The number of aryl methyl sites for hydroxylation is 1. The van der Waals surface area contributed by atoms with E-state index in [0.717, 1.165) is 16.8 Å². The molecule has 2 aromatic rings. The molecule has 1 aliphatic rings. The zero-order valence-electron chi connectivity index (χ0n) is 9.57. The van der Waals surface area contributed by atoms with Crippen LogP contribution >= 0.6 is 11.6 Å². The average molecular weight is 261 g/mol. The van der Waals surface area contributed by atoms with Gasteiger partial charge in [-0.2, -0.15) is 0 Å². The molecule has 3 rings (SSSR count). The number of nitrogens with one attached hydrogen (secondary N) is 1. The van der Waals surface area contributed by atoms with Gasteiger partial charge in [0, 0.05) is 11.3 Å². The van der Waals surface area contributed by atoms with Crippen molar-refractivity contribution in [3.05, 3.63) is 34.7 Å². The lowest BCUT2D eigenvalue weighted by Gasteiger charge is -2.04. The average Bonchev–Trinajstić information content (AvgIpc) is 2.68. The molecule has 1 aromatic heterocycles. The SMILES string of the molecule is Cc1nnc(-c2ccc3c(c2)CC(=O)N3)c(Cl)n1. The molecule has 0 aliphatic carbocycles. The molecule has 6 heteroatoms. The van der Waals surface area contributed by atoms with Crippen molar-refractivity contribution >= 4 is 23.2 Å². The van der Waals surface area contributed by atoms with E-state index in [1.54, 1.807) is 6.92 Å². The number of aromatic nitrogens is 3. The Bertz CT molecular complexity index is 657. The lowest BCUT2D eigenvalue weighted by Crippen LogP contribution is -2.03. The maximum Gasteiger partial charge on any atom is 0.228 e. The summed E-state index contributed by atoms with van der Waals surface area (Å²) in [6.45, 7) is 1.73. The number of halogens is 1. The Morgan fingerprint density at radius 3 is 2.94 bits per heavy atom. The van der Waals surface area contributed by atoms with Crippen LogP contribution in [0.4, 0.5) is 5.69 Å². The van der Waals surface area contributed by atoms with Crippen LogP contribution in [0.2, 0.25) is 5.15 Å². The van der Waals surface area contributed by atoms with E-state index in [-0.39, 0.29) is 5.91 Å². The molecule has 1 aromatic carbocycles. The largest absolute Gasteiger partial charge is 0.326 e. The first-order chi connectivity index (χ1) is 8.63. The predicted octanol–water partition coefficient (Wildman–Crippen LogP) is 2.00. The predicted molar refractivity (Wildman–Crippen MR) is 67.3 cm³/mol. The summed E-state index contributed by atoms with van der Waals surface area (Å²) in [6.07, 6.45) is 0.382. The Balaban J connectivity index is 2.08. The third-order valence-corrected chi connectivity index (χ3v) is 3.02. The number of fused-ring (bicyclic) bond motifs is 1. The lowest BCUT2D eigenvalue weighted by molar-refractivity contribution is -0.115. The number of amides is 1. The van der Waals surface area contributed by atoms with Crippen LogP contribution in [0.25, 0.3) is 11.3 Å². The molecule has 0 saturated heterocycles. The number of nitrogens with zero attached hydrogens (tertiary/aromatic N) is 3. The van der Waals surface area contributed by atoms with Crippen molar-refractivity contribution in [3.63, 3.8) is 0 Å². The number of hydrogen-bond acceptors (Lipinski definition) is 4. The van der Waals surface area contributed by atoms with E-state index >= 15 is 0 Å². The number of benzene rings is 1. The van der Waals surface area contributed by atoms with Gasteiger partial charge in [-0.3, -0.25) is 4.79 Å². The molecule has 0 saturated carbocycles. The van der Waals surface area contributed by atoms with Crippen molar-refractivity contribution in [1.82, 2.24) is 15.2 Å². The van der Waals surface area contributed by atoms with Crippen molar-refractivity contribution < 1.29 is 4.79 Å². The maximum atomic E-state index is 11.3. The molecule has 0 radical (unpaired) electrons. The summed E-state index contributed by atoms with van der Waals surface area (Å²) in [6, 6.07) is 5.57. The summed E-state index contributed by atoms with van der Waals surface area (Å²) >= 11 is 6.05. The fourth-order valence-electron chi connectivity index (χ4n) is 1.93. The summed E-state index contributed by atoms with van der Waals surface area (Å²) in [5, 5.41) is 11.0. The third kappa shape index (κ3) is 1.82. The number of rotatable bonds is 1. The second-order valence-corrected chi connectivity index (χ2v) is 4.45. The first-order valence-electron chi connectivity index (χ1n) is 5.43. The van der Waals surface area contributed by atoms with Gasteiger partial charge in [0.2, 0.25) is 5.91 Å². The topological polar surface area (TPSA) is 67.8 Å². The van der Waals surface area contributed by atoms with Crippen molar-refractivity contribution in [1.29, 1.82) is 0 Å². The van der Waals surface area contributed by atoms with Crippen molar-refractivity contribution in [2.75, 3.05) is 5.32 Å². The van der Waals surface area contributed by atoms with E-state index in [9.17, 15) is 4.79 Å². The Kier molecular flexibility index (Phi) is 2.48. The molecule has 1 aliphatic heterocycles. The summed E-state index contributed by atoms with van der Waals surface area (Å²) in [5.41, 5.74) is 3.13. The molecular formula is C12H9ClN4O. The minimum absolute atomic E-state index is 0.00126. The van der Waals surface area contributed by atoms with Gasteiger partial charge in [-0.15, -0.1) is 10.2 Å². The fourth-order valence-corrected chi connectivity index (χ4v) is 2.20. The van der Waals surface area contributed by atoms with Gasteiger partial charge < -0.3 is 5.32 Å². The highest BCUT2D eigenvalue weighted by Gasteiger charge is 2.19. The Hall–Kier alpha value is -2.01. The Labute approximate surface area is 108 Å². The van der Waals surface area contributed by atoms with E-state index in [1.807, 2.05) is 18.2 Å². The quantitative estimate of drug-likeness (QED) is 0.851. The van der Waals surface area contributed by atoms with Crippen LogP contribution in [0.15, 0.2) is 18.2 Å². The standard InChI is InChI=1S/C12H9ClN4O/c1-6-14-12(13)11(17-16-6)7-2-3-9-8(4-7)5-10(18)15-9/h2-4H,5H2,1H3,(H,15,18). The fraction of sp³-hybridized carbons (Fsp3) is 0.167. The minimum Gasteiger partial charge on any atom is -0.326 e. The van der Waals surface area contributed by atoms with E-state index in [2.05, 4.69) is 20.5 Å². The summed E-state index contributed by atoms with van der Waals surface area (Å²) in [5.74, 6) is 0.531. The molecule has 1 amide bonds. The molecule has 5 nitrogen and oxygen atoms in total. The normalized spacial score (nSPS) is 13.3. The van der Waals surface area contributed by atoms with Crippen LogP contribution in [-0.4, -0.2) is 21.1 Å². The molecule has 0 fully saturated rings. The second-order valence-electron chi connectivity index (χ2n) is 4.10. The molecule has 1 N–H and O–H groups in total. The molecule has 2 heterocycles. The maximum absolute atomic E-state index is 11.3. The van der Waals surface area contributed by atoms with E-state index in [4.69, 9.17) is 11.6 Å². The van der Waals surface area contributed by atoms with Gasteiger partial charge in [0.15, 0.2) is 5.15 Å². The van der Waals surface area contributed by atoms with Gasteiger partial charge in [-0.25, -0.2) is 4.98 Å². The highest BCUT2D eigenvalue weighted by atomic mass is 35.5. The van der Waals surface area contributed by atoms with Crippen molar-refractivity contribution in [2.24, 2.45) is 0 Å². The van der Waals surface area contributed by atoms with E-state index in [1.165, 1.54) is 0 Å². The monoisotopic (exact) mass is 260 g/mol.